The van der Waals surface area contributed by atoms with Crippen LogP contribution in [0.1, 0.15) is 19.4 Å². The van der Waals surface area contributed by atoms with E-state index >= 15 is 0 Å². The zero-order chi connectivity index (χ0) is 14.5. The van der Waals surface area contributed by atoms with E-state index in [1.54, 1.807) is 0 Å². The van der Waals surface area contributed by atoms with Crippen molar-refractivity contribution < 1.29 is 0 Å². The fourth-order valence-corrected chi connectivity index (χ4v) is 3.01. The maximum absolute atomic E-state index is 5.86. The van der Waals surface area contributed by atoms with Crippen LogP contribution >= 0.6 is 15.9 Å². The maximum Gasteiger partial charge on any atom is 0.0555 e. The van der Waals surface area contributed by atoms with Crippen LogP contribution in [0.25, 0.3) is 0 Å². The summed E-state index contributed by atoms with van der Waals surface area (Å²) < 4.78 is 1.11. The Bertz CT molecular complexity index is 552. The summed E-state index contributed by atoms with van der Waals surface area (Å²) in [5.41, 5.74) is 9.52. The number of hydrogen-bond donors (Lipinski definition) is 1. The Hall–Kier alpha value is -1.32. The Morgan fingerprint density at radius 1 is 1.15 bits per heavy atom. The van der Waals surface area contributed by atoms with E-state index in [-0.39, 0.29) is 6.04 Å². The first-order valence-electron chi connectivity index (χ1n) is 6.98. The van der Waals surface area contributed by atoms with Gasteiger partial charge in [0.1, 0.15) is 0 Å². The zero-order valence-corrected chi connectivity index (χ0v) is 13.6. The summed E-state index contributed by atoms with van der Waals surface area (Å²) in [5, 5.41) is 0. The second kappa shape index (κ2) is 6.91. The van der Waals surface area contributed by atoms with Crippen molar-refractivity contribution in [3.63, 3.8) is 0 Å². The molecule has 0 heterocycles. The molecule has 1 atom stereocenters. The van der Waals surface area contributed by atoms with Crippen LogP contribution in [0.2, 0.25) is 0 Å². The third-order valence-electron chi connectivity index (χ3n) is 3.24. The summed E-state index contributed by atoms with van der Waals surface area (Å²) in [6.07, 6.45) is 0.899. The van der Waals surface area contributed by atoms with Crippen molar-refractivity contribution >= 4 is 27.3 Å². The van der Waals surface area contributed by atoms with Crippen molar-refractivity contribution in [2.75, 3.05) is 11.4 Å². The highest BCUT2D eigenvalue weighted by Crippen LogP contribution is 2.32. The van der Waals surface area contributed by atoms with Crippen LogP contribution in [0.15, 0.2) is 53.0 Å². The summed E-state index contributed by atoms with van der Waals surface area (Å²) in [5.74, 6) is 0. The third-order valence-corrected chi connectivity index (χ3v) is 3.88. The van der Waals surface area contributed by atoms with Gasteiger partial charge in [0, 0.05) is 22.7 Å². The zero-order valence-electron chi connectivity index (χ0n) is 12.0. The number of nitrogens with zero attached hydrogens (tertiary/aromatic N) is 1. The average Bonchev–Trinajstić information content (AvgIpc) is 2.42. The van der Waals surface area contributed by atoms with E-state index in [2.05, 4.69) is 70.2 Å². The van der Waals surface area contributed by atoms with Crippen LogP contribution < -0.4 is 10.6 Å². The van der Waals surface area contributed by atoms with Gasteiger partial charge < -0.3 is 10.6 Å². The molecule has 2 N–H and O–H groups in total. The first-order chi connectivity index (χ1) is 9.61. The van der Waals surface area contributed by atoms with Crippen molar-refractivity contribution in [2.24, 2.45) is 5.73 Å². The molecule has 0 saturated heterocycles. The lowest BCUT2D eigenvalue weighted by molar-refractivity contribution is 0.738. The normalized spacial score (nSPS) is 12.2. The van der Waals surface area contributed by atoms with Crippen LogP contribution in [0.5, 0.6) is 0 Å². The molecule has 2 aromatic carbocycles. The topological polar surface area (TPSA) is 29.3 Å². The monoisotopic (exact) mass is 332 g/mol. The average molecular weight is 333 g/mol. The minimum Gasteiger partial charge on any atom is -0.341 e. The summed E-state index contributed by atoms with van der Waals surface area (Å²) in [4.78, 5) is 2.29. The molecule has 0 saturated carbocycles. The molecule has 0 spiro atoms. The molecule has 3 heteroatoms. The van der Waals surface area contributed by atoms with Gasteiger partial charge in [-0.25, -0.2) is 0 Å². The predicted octanol–water partition coefficient (Wildman–Crippen LogP) is 4.50. The number of benzene rings is 2. The van der Waals surface area contributed by atoms with E-state index in [9.17, 15) is 0 Å². The van der Waals surface area contributed by atoms with Crippen molar-refractivity contribution in [3.8, 4) is 0 Å². The molecule has 2 aromatic rings. The van der Waals surface area contributed by atoms with Gasteiger partial charge in [0.25, 0.3) is 0 Å². The van der Waals surface area contributed by atoms with Crippen LogP contribution in [-0.2, 0) is 6.42 Å². The van der Waals surface area contributed by atoms with E-state index < -0.39 is 0 Å². The second-order valence-corrected chi connectivity index (χ2v) is 5.90. The Kier molecular flexibility index (Phi) is 5.21. The van der Waals surface area contributed by atoms with Gasteiger partial charge in [-0.2, -0.15) is 0 Å². The molecule has 0 fully saturated rings. The van der Waals surface area contributed by atoms with Gasteiger partial charge in [-0.3, -0.25) is 0 Å². The van der Waals surface area contributed by atoms with Crippen LogP contribution in [0.3, 0.4) is 0 Å². The maximum atomic E-state index is 5.86. The van der Waals surface area contributed by atoms with Gasteiger partial charge in [-0.05, 0) is 66.0 Å². The molecule has 0 aromatic heterocycles. The quantitative estimate of drug-likeness (QED) is 0.873. The van der Waals surface area contributed by atoms with Gasteiger partial charge in [0.15, 0.2) is 0 Å². The summed E-state index contributed by atoms with van der Waals surface area (Å²) in [6.45, 7) is 5.12. The predicted molar refractivity (Wildman–Crippen MR) is 90.6 cm³/mol. The molecule has 20 heavy (non-hydrogen) atoms. The summed E-state index contributed by atoms with van der Waals surface area (Å²) >= 11 is 3.69. The highest BCUT2D eigenvalue weighted by molar-refractivity contribution is 9.10. The van der Waals surface area contributed by atoms with Crippen molar-refractivity contribution in [2.45, 2.75) is 26.3 Å². The van der Waals surface area contributed by atoms with Crippen LogP contribution in [0, 0.1) is 0 Å². The number of anilines is 2. The summed E-state index contributed by atoms with van der Waals surface area (Å²) in [7, 11) is 0. The number of rotatable bonds is 5. The Labute approximate surface area is 129 Å². The van der Waals surface area contributed by atoms with Crippen LogP contribution in [0.4, 0.5) is 11.4 Å². The number of nitrogens with two attached hydrogens (primary N) is 1. The highest BCUT2D eigenvalue weighted by Gasteiger charge is 2.11. The Balaban J connectivity index is 2.31. The van der Waals surface area contributed by atoms with E-state index in [0.717, 1.165) is 17.4 Å². The molecule has 1 unspecified atom stereocenters. The lowest BCUT2D eigenvalue weighted by Crippen LogP contribution is -2.19. The molecule has 0 radical (unpaired) electrons. The van der Waals surface area contributed by atoms with Gasteiger partial charge in [-0.15, -0.1) is 0 Å². The van der Waals surface area contributed by atoms with E-state index in [4.69, 9.17) is 5.73 Å². The molecule has 2 nitrogen and oxygen atoms in total. The van der Waals surface area contributed by atoms with Crippen molar-refractivity contribution in [3.05, 3.63) is 58.6 Å². The van der Waals surface area contributed by atoms with E-state index in [1.807, 2.05) is 13.0 Å². The molecule has 106 valence electrons. The summed E-state index contributed by atoms with van der Waals surface area (Å²) in [6, 6.07) is 17.1. The smallest absolute Gasteiger partial charge is 0.0555 e. The first kappa shape index (κ1) is 15.1. The number of hydrogen-bond acceptors (Lipinski definition) is 2. The molecule has 0 amide bonds. The fourth-order valence-electron chi connectivity index (χ4n) is 2.37. The minimum absolute atomic E-state index is 0.184. The van der Waals surface area contributed by atoms with Gasteiger partial charge >= 0.3 is 0 Å². The van der Waals surface area contributed by atoms with Gasteiger partial charge in [-0.1, -0.05) is 24.3 Å². The molecular weight excluding hydrogens is 312 g/mol. The van der Waals surface area contributed by atoms with Crippen molar-refractivity contribution in [1.82, 2.24) is 0 Å². The minimum atomic E-state index is 0.184. The third kappa shape index (κ3) is 3.62. The van der Waals surface area contributed by atoms with E-state index in [0.29, 0.717) is 0 Å². The molecule has 0 aliphatic heterocycles. The van der Waals surface area contributed by atoms with Gasteiger partial charge in [0.2, 0.25) is 0 Å². The second-order valence-electron chi connectivity index (χ2n) is 5.05. The molecule has 0 aliphatic carbocycles. The molecule has 0 aliphatic rings. The molecule has 2 rings (SSSR count). The van der Waals surface area contributed by atoms with Gasteiger partial charge in [0.05, 0.1) is 5.69 Å². The SMILES string of the molecule is CCN(c1ccccc1)c1ccc(CC(C)N)cc1Br. The van der Waals surface area contributed by atoms with Crippen LogP contribution in [-0.4, -0.2) is 12.6 Å². The Morgan fingerprint density at radius 2 is 1.85 bits per heavy atom. The van der Waals surface area contributed by atoms with Crippen molar-refractivity contribution in [1.29, 1.82) is 0 Å². The lowest BCUT2D eigenvalue weighted by atomic mass is 10.1. The lowest BCUT2D eigenvalue weighted by Gasteiger charge is -2.25. The molecule has 0 bridgehead atoms. The number of halogens is 1. The van der Waals surface area contributed by atoms with E-state index in [1.165, 1.54) is 16.9 Å². The highest BCUT2D eigenvalue weighted by atomic mass is 79.9. The largest absolute Gasteiger partial charge is 0.341 e. The standard InChI is InChI=1S/C17H21BrN2/c1-3-20(15-7-5-4-6-8-15)17-10-9-14(11-13(2)19)12-16(17)18/h4-10,12-13H,3,11,19H2,1-2H3. The molecular formula is C17H21BrN2. The first-order valence-corrected chi connectivity index (χ1v) is 7.77. The fraction of sp³-hybridized carbons (Fsp3) is 0.294. The number of para-hydroxylation sites is 1. The Morgan fingerprint density at radius 3 is 2.40 bits per heavy atom.